The van der Waals surface area contributed by atoms with E-state index in [1.165, 1.54) is 3.93 Å². The Morgan fingerprint density at radius 2 is 2.00 bits per heavy atom. The molecule has 2 nitrogen and oxygen atoms in total. The molecule has 0 fully saturated rings. The molecule has 0 radical (unpaired) electrons. The Labute approximate surface area is 93.0 Å². The third-order valence-electron chi connectivity index (χ3n) is 1.21. The van der Waals surface area contributed by atoms with Crippen LogP contribution in [0.4, 0.5) is 0 Å². The quantitative estimate of drug-likeness (QED) is 0.382. The van der Waals surface area contributed by atoms with E-state index in [0.717, 1.165) is 6.42 Å². The van der Waals surface area contributed by atoms with Gasteiger partial charge in [0.15, 0.2) is 0 Å². The second-order valence-electron chi connectivity index (χ2n) is 3.93. The van der Waals surface area contributed by atoms with Gasteiger partial charge in [-0.25, -0.2) is 0 Å². The van der Waals surface area contributed by atoms with E-state index in [1.807, 2.05) is 20.8 Å². The van der Waals surface area contributed by atoms with E-state index in [-0.39, 0.29) is 11.7 Å². The van der Waals surface area contributed by atoms with E-state index >= 15 is 0 Å². The number of hydrogen-bond donors (Lipinski definition) is 0. The molecule has 70 valence electrons. The molecule has 0 aliphatic carbocycles. The van der Waals surface area contributed by atoms with Crippen molar-refractivity contribution in [2.75, 3.05) is 0 Å². The van der Waals surface area contributed by atoms with Gasteiger partial charge in [0.25, 0.3) is 0 Å². The summed E-state index contributed by atoms with van der Waals surface area (Å²) in [7, 11) is 0. The van der Waals surface area contributed by atoms with Gasteiger partial charge >= 0.3 is 93.6 Å². The Balaban J connectivity index is 3.37. The molecule has 0 aliphatic heterocycles. The van der Waals surface area contributed by atoms with Crippen molar-refractivity contribution in [1.82, 2.24) is 0 Å². The maximum atomic E-state index is 5.22. The van der Waals surface area contributed by atoms with E-state index in [4.69, 9.17) is 9.78 Å². The summed E-state index contributed by atoms with van der Waals surface area (Å²) >= 11 is 2.98. The molecule has 0 aromatic heterocycles. The molecule has 0 bridgehead atoms. The normalized spacial score (nSPS) is 14.1. The van der Waals surface area contributed by atoms with Gasteiger partial charge in [0, 0.05) is 0 Å². The third-order valence-corrected chi connectivity index (χ3v) is 8.75. The SMILES string of the molecule is CC(C[CH2][Hg][Br])OOC(C)(C)C. The van der Waals surface area contributed by atoms with Crippen LogP contribution in [0.1, 0.15) is 34.1 Å². The minimum atomic E-state index is -0.619. The van der Waals surface area contributed by atoms with Gasteiger partial charge in [-0.15, -0.1) is 0 Å². The van der Waals surface area contributed by atoms with Crippen molar-refractivity contribution in [2.45, 2.75) is 49.8 Å². The topological polar surface area (TPSA) is 18.5 Å². The van der Waals surface area contributed by atoms with E-state index < -0.39 is 22.1 Å². The Morgan fingerprint density at radius 3 is 2.42 bits per heavy atom. The van der Waals surface area contributed by atoms with Crippen LogP contribution in [-0.4, -0.2) is 11.7 Å². The van der Waals surface area contributed by atoms with Crippen molar-refractivity contribution in [3.8, 4) is 0 Å². The van der Waals surface area contributed by atoms with Gasteiger partial charge in [0.1, 0.15) is 0 Å². The van der Waals surface area contributed by atoms with E-state index in [0.29, 0.717) is 0 Å². The average Bonchev–Trinajstić information content (AvgIpc) is 1.95. The first kappa shape index (κ1) is 13.3. The zero-order valence-corrected chi connectivity index (χ0v) is 15.5. The summed E-state index contributed by atoms with van der Waals surface area (Å²) in [6.07, 6.45) is 1.37. The Bertz CT molecular complexity index is 114. The van der Waals surface area contributed by atoms with E-state index in [9.17, 15) is 0 Å². The zero-order valence-electron chi connectivity index (χ0n) is 8.39. The molecule has 12 heavy (non-hydrogen) atoms. The van der Waals surface area contributed by atoms with Crippen LogP contribution in [-0.2, 0) is 31.9 Å². The Morgan fingerprint density at radius 1 is 1.42 bits per heavy atom. The number of halogens is 1. The van der Waals surface area contributed by atoms with Crippen LogP contribution in [0.3, 0.4) is 0 Å². The van der Waals surface area contributed by atoms with Crippen LogP contribution < -0.4 is 0 Å². The first-order chi connectivity index (χ1) is 5.45. The number of rotatable bonds is 5. The average molecular weight is 426 g/mol. The third kappa shape index (κ3) is 9.42. The summed E-state index contributed by atoms with van der Waals surface area (Å²) < 4.78 is 1.34. The maximum absolute atomic E-state index is 5.22. The van der Waals surface area contributed by atoms with Gasteiger partial charge in [-0.1, -0.05) is 0 Å². The van der Waals surface area contributed by atoms with Crippen LogP contribution in [0.25, 0.3) is 0 Å². The van der Waals surface area contributed by atoms with Gasteiger partial charge in [-0.05, 0) is 0 Å². The van der Waals surface area contributed by atoms with Gasteiger partial charge in [-0.3, -0.25) is 0 Å². The van der Waals surface area contributed by atoms with Crippen molar-refractivity contribution in [1.29, 1.82) is 0 Å². The fourth-order valence-electron chi connectivity index (χ4n) is 0.639. The molecule has 1 atom stereocenters. The van der Waals surface area contributed by atoms with Crippen LogP contribution >= 0.6 is 11.9 Å². The standard InChI is InChI=1S/C8H17O2.BrH.Hg/c1-6-7(2)9-10-8(3,4)5;;/h7H,1,6H2,2-5H3;1H;/q;;+1/p-1. The summed E-state index contributed by atoms with van der Waals surface area (Å²) in [5.41, 5.74) is -0.188. The number of hydrogen-bond acceptors (Lipinski definition) is 2. The van der Waals surface area contributed by atoms with Gasteiger partial charge in [-0.2, -0.15) is 0 Å². The monoisotopic (exact) mass is 426 g/mol. The van der Waals surface area contributed by atoms with Crippen molar-refractivity contribution in [2.24, 2.45) is 0 Å². The summed E-state index contributed by atoms with van der Waals surface area (Å²) in [4.78, 5) is 10.4. The summed E-state index contributed by atoms with van der Waals surface area (Å²) in [6, 6.07) is 0. The molecule has 0 saturated heterocycles. The molecule has 0 aromatic rings. The first-order valence-corrected chi connectivity index (χ1v) is 20.2. The molecule has 0 spiro atoms. The second kappa shape index (κ2) is 6.74. The Hall–Kier alpha value is 1.34. The molecular weight excluding hydrogens is 409 g/mol. The molecule has 0 amide bonds. The van der Waals surface area contributed by atoms with Crippen LogP contribution in [0, 0.1) is 0 Å². The van der Waals surface area contributed by atoms with Gasteiger partial charge < -0.3 is 0 Å². The Kier molecular flexibility index (Phi) is 7.49. The predicted molar refractivity (Wildman–Crippen MR) is 49.7 cm³/mol. The predicted octanol–water partition coefficient (Wildman–Crippen LogP) is 3.32. The molecule has 0 heterocycles. The van der Waals surface area contributed by atoms with Gasteiger partial charge in [0.2, 0.25) is 0 Å². The van der Waals surface area contributed by atoms with Gasteiger partial charge in [0.05, 0.1) is 0 Å². The molecule has 0 aliphatic rings. The van der Waals surface area contributed by atoms with Crippen LogP contribution in [0.15, 0.2) is 0 Å². The van der Waals surface area contributed by atoms with E-state index in [2.05, 4.69) is 18.8 Å². The van der Waals surface area contributed by atoms with Crippen LogP contribution in [0.5, 0.6) is 0 Å². The summed E-state index contributed by atoms with van der Waals surface area (Å²) in [5, 5.41) is 0. The molecule has 0 aromatic carbocycles. The molecule has 0 N–H and O–H groups in total. The van der Waals surface area contributed by atoms with Crippen molar-refractivity contribution >= 4 is 11.9 Å². The summed E-state index contributed by atoms with van der Waals surface area (Å²) in [6.45, 7) is 8.03. The van der Waals surface area contributed by atoms with Crippen molar-refractivity contribution in [3.63, 3.8) is 0 Å². The molecule has 4 heteroatoms. The molecule has 0 saturated carbocycles. The minimum absolute atomic E-state index is 0.188. The fourth-order valence-corrected chi connectivity index (χ4v) is 6.31. The molecular formula is C8H17BrHgO2. The zero-order chi connectivity index (χ0) is 9.61. The fraction of sp³-hybridized carbons (Fsp3) is 1.00. The van der Waals surface area contributed by atoms with Crippen molar-refractivity contribution < 1.29 is 31.9 Å². The van der Waals surface area contributed by atoms with E-state index in [1.54, 1.807) is 0 Å². The van der Waals surface area contributed by atoms with Crippen LogP contribution in [0.2, 0.25) is 3.93 Å². The second-order valence-corrected chi connectivity index (χ2v) is 15.1. The van der Waals surface area contributed by atoms with Crippen molar-refractivity contribution in [3.05, 3.63) is 0 Å². The molecule has 1 unspecified atom stereocenters. The first-order valence-electron chi connectivity index (χ1n) is 4.36. The molecule has 0 rings (SSSR count). The summed E-state index contributed by atoms with van der Waals surface area (Å²) in [5.74, 6) is 0.